The molecule has 2 N–H and O–H groups in total. The average molecular weight is 224 g/mol. The summed E-state index contributed by atoms with van der Waals surface area (Å²) in [4.78, 5) is 0. The number of unbranched alkanes of at least 4 members (excludes halogenated alkanes) is 1. The van der Waals surface area contributed by atoms with Gasteiger partial charge in [-0.2, -0.15) is 11.8 Å². The van der Waals surface area contributed by atoms with Crippen molar-refractivity contribution in [1.82, 2.24) is 0 Å². The van der Waals surface area contributed by atoms with Crippen LogP contribution in [0.4, 0.5) is 0 Å². The van der Waals surface area contributed by atoms with Gasteiger partial charge in [0, 0.05) is 5.75 Å². The molecule has 1 aromatic rings. The van der Waals surface area contributed by atoms with E-state index in [1.54, 1.807) is 6.07 Å². The predicted molar refractivity (Wildman–Crippen MR) is 67.3 cm³/mol. The minimum Gasteiger partial charge on any atom is -0.423 e. The van der Waals surface area contributed by atoms with E-state index in [-0.39, 0.29) is 0 Å². The molecule has 0 bridgehead atoms. The maximum atomic E-state index is 9.01. The summed E-state index contributed by atoms with van der Waals surface area (Å²) in [6, 6.07) is 7.46. The van der Waals surface area contributed by atoms with Gasteiger partial charge in [0.25, 0.3) is 0 Å². The van der Waals surface area contributed by atoms with E-state index in [0.29, 0.717) is 5.46 Å². The van der Waals surface area contributed by atoms with Gasteiger partial charge < -0.3 is 10.0 Å². The van der Waals surface area contributed by atoms with Gasteiger partial charge in [-0.25, -0.2) is 0 Å². The maximum absolute atomic E-state index is 9.01. The lowest BCUT2D eigenvalue weighted by atomic mass is 9.80. The van der Waals surface area contributed by atoms with E-state index in [1.807, 2.05) is 30.0 Å². The number of hydrogen-bond acceptors (Lipinski definition) is 3. The Hall–Kier alpha value is -0.445. The van der Waals surface area contributed by atoms with Gasteiger partial charge in [-0.15, -0.1) is 0 Å². The lowest BCUT2D eigenvalue weighted by molar-refractivity contribution is 0.425. The molecule has 1 aromatic carbocycles. The standard InChI is InChI=1S/C11H17BO2S/c1-2-3-7-15-9-10-5-4-6-11(8-10)12(13)14/h4-6,8,13-14H,2-3,7,9H2,1H3. The van der Waals surface area contributed by atoms with Crippen molar-refractivity contribution < 1.29 is 10.0 Å². The van der Waals surface area contributed by atoms with Crippen LogP contribution in [-0.4, -0.2) is 22.9 Å². The van der Waals surface area contributed by atoms with E-state index in [9.17, 15) is 0 Å². The minimum atomic E-state index is -1.36. The monoisotopic (exact) mass is 224 g/mol. The lowest BCUT2D eigenvalue weighted by Gasteiger charge is -2.04. The quantitative estimate of drug-likeness (QED) is 0.566. The summed E-state index contributed by atoms with van der Waals surface area (Å²) in [6.45, 7) is 2.18. The molecule has 0 aliphatic rings. The van der Waals surface area contributed by atoms with Crippen molar-refractivity contribution in [3.63, 3.8) is 0 Å². The van der Waals surface area contributed by atoms with Crippen LogP contribution in [0.25, 0.3) is 0 Å². The van der Waals surface area contributed by atoms with Gasteiger partial charge in [-0.05, 0) is 23.2 Å². The van der Waals surface area contributed by atoms with Crippen molar-refractivity contribution in [2.24, 2.45) is 0 Å². The van der Waals surface area contributed by atoms with Crippen LogP contribution >= 0.6 is 11.8 Å². The summed E-state index contributed by atoms with van der Waals surface area (Å²) in [6.07, 6.45) is 2.47. The number of thioether (sulfide) groups is 1. The highest BCUT2D eigenvalue weighted by Gasteiger charge is 2.10. The lowest BCUT2D eigenvalue weighted by Crippen LogP contribution is -2.29. The predicted octanol–water partition coefficient (Wildman–Crippen LogP) is 1.40. The Bertz CT molecular complexity index is 292. The molecule has 0 aliphatic carbocycles. The van der Waals surface area contributed by atoms with E-state index in [1.165, 1.54) is 18.6 Å². The third-order valence-corrected chi connectivity index (χ3v) is 3.27. The normalized spacial score (nSPS) is 10.3. The molecule has 0 radical (unpaired) electrons. The topological polar surface area (TPSA) is 40.5 Å². The molecule has 0 saturated heterocycles. The van der Waals surface area contributed by atoms with Crippen LogP contribution in [0.1, 0.15) is 25.3 Å². The van der Waals surface area contributed by atoms with Gasteiger partial charge in [-0.3, -0.25) is 0 Å². The largest absolute Gasteiger partial charge is 0.488 e. The Balaban J connectivity index is 2.43. The fourth-order valence-corrected chi connectivity index (χ4v) is 2.33. The van der Waals surface area contributed by atoms with Crippen LogP contribution in [0, 0.1) is 0 Å². The number of rotatable bonds is 6. The molecule has 1 rings (SSSR count). The van der Waals surface area contributed by atoms with Crippen molar-refractivity contribution >= 4 is 24.3 Å². The van der Waals surface area contributed by atoms with Crippen LogP contribution < -0.4 is 5.46 Å². The van der Waals surface area contributed by atoms with Crippen LogP contribution in [0.3, 0.4) is 0 Å². The van der Waals surface area contributed by atoms with Gasteiger partial charge in [0.1, 0.15) is 0 Å². The molecule has 82 valence electrons. The fourth-order valence-electron chi connectivity index (χ4n) is 1.28. The Labute approximate surface area is 95.9 Å². The third kappa shape index (κ3) is 4.73. The first kappa shape index (κ1) is 12.6. The molecule has 0 spiro atoms. The van der Waals surface area contributed by atoms with Crippen molar-refractivity contribution in [2.45, 2.75) is 25.5 Å². The molecule has 0 aromatic heterocycles. The zero-order valence-electron chi connectivity index (χ0n) is 9.02. The molecule has 0 atom stereocenters. The maximum Gasteiger partial charge on any atom is 0.488 e. The SMILES string of the molecule is CCCCSCc1cccc(B(O)O)c1. The summed E-state index contributed by atoms with van der Waals surface area (Å²) in [5, 5.41) is 18.0. The highest BCUT2D eigenvalue weighted by atomic mass is 32.2. The summed E-state index contributed by atoms with van der Waals surface area (Å²) < 4.78 is 0. The highest BCUT2D eigenvalue weighted by molar-refractivity contribution is 7.98. The van der Waals surface area contributed by atoms with Crippen LogP contribution in [0.5, 0.6) is 0 Å². The first-order valence-corrected chi connectivity index (χ1v) is 6.42. The van der Waals surface area contributed by atoms with Gasteiger partial charge in [0.15, 0.2) is 0 Å². The Morgan fingerprint density at radius 2 is 2.13 bits per heavy atom. The minimum absolute atomic E-state index is 0.573. The van der Waals surface area contributed by atoms with Crippen LogP contribution in [0.15, 0.2) is 24.3 Å². The van der Waals surface area contributed by atoms with Gasteiger partial charge >= 0.3 is 7.12 Å². The van der Waals surface area contributed by atoms with Crippen molar-refractivity contribution in [3.05, 3.63) is 29.8 Å². The zero-order valence-corrected chi connectivity index (χ0v) is 9.83. The summed E-state index contributed by atoms with van der Waals surface area (Å²) in [7, 11) is -1.36. The zero-order chi connectivity index (χ0) is 11.1. The van der Waals surface area contributed by atoms with Gasteiger partial charge in [0.05, 0.1) is 0 Å². The highest BCUT2D eigenvalue weighted by Crippen LogP contribution is 2.12. The Morgan fingerprint density at radius 1 is 1.33 bits per heavy atom. The van der Waals surface area contributed by atoms with Gasteiger partial charge in [0.2, 0.25) is 0 Å². The first-order chi connectivity index (χ1) is 7.24. The average Bonchev–Trinajstić information content (AvgIpc) is 2.25. The molecule has 0 fully saturated rings. The molecule has 0 heterocycles. The molecule has 4 heteroatoms. The smallest absolute Gasteiger partial charge is 0.423 e. The van der Waals surface area contributed by atoms with Crippen molar-refractivity contribution in [2.75, 3.05) is 5.75 Å². The molecule has 0 saturated carbocycles. The van der Waals surface area contributed by atoms with E-state index >= 15 is 0 Å². The molecule has 0 unspecified atom stereocenters. The second-order valence-electron chi connectivity index (χ2n) is 3.52. The van der Waals surface area contributed by atoms with Gasteiger partial charge in [-0.1, -0.05) is 37.6 Å². The molecular formula is C11H17BO2S. The summed E-state index contributed by atoms with van der Waals surface area (Å²) in [5.74, 6) is 2.11. The van der Waals surface area contributed by atoms with E-state index in [0.717, 1.165) is 11.3 Å². The molecule has 0 amide bonds. The van der Waals surface area contributed by atoms with Crippen LogP contribution in [-0.2, 0) is 5.75 Å². The van der Waals surface area contributed by atoms with E-state index in [4.69, 9.17) is 10.0 Å². The van der Waals surface area contributed by atoms with E-state index in [2.05, 4.69) is 6.92 Å². The number of hydrogen-bond donors (Lipinski definition) is 2. The Morgan fingerprint density at radius 3 is 2.80 bits per heavy atom. The molecule has 15 heavy (non-hydrogen) atoms. The summed E-state index contributed by atoms with van der Waals surface area (Å²) in [5.41, 5.74) is 1.73. The van der Waals surface area contributed by atoms with Crippen molar-refractivity contribution in [1.29, 1.82) is 0 Å². The Kier molecular flexibility index (Phi) is 5.83. The van der Waals surface area contributed by atoms with E-state index < -0.39 is 7.12 Å². The molecule has 2 nitrogen and oxygen atoms in total. The third-order valence-electron chi connectivity index (χ3n) is 2.16. The number of benzene rings is 1. The first-order valence-electron chi connectivity index (χ1n) is 5.26. The summed E-state index contributed by atoms with van der Waals surface area (Å²) >= 11 is 1.89. The second kappa shape index (κ2) is 6.93. The van der Waals surface area contributed by atoms with Crippen molar-refractivity contribution in [3.8, 4) is 0 Å². The fraction of sp³-hybridized carbons (Fsp3) is 0.455. The van der Waals surface area contributed by atoms with Crippen LogP contribution in [0.2, 0.25) is 0 Å². The second-order valence-corrected chi connectivity index (χ2v) is 4.63. The molecule has 0 aliphatic heterocycles. The molecular weight excluding hydrogens is 207 g/mol.